The molecule has 0 bridgehead atoms. The van der Waals surface area contributed by atoms with Crippen molar-refractivity contribution in [1.29, 1.82) is 0 Å². The van der Waals surface area contributed by atoms with E-state index in [2.05, 4.69) is 9.97 Å². The molecule has 0 saturated heterocycles. The van der Waals surface area contributed by atoms with E-state index in [0.717, 1.165) is 9.54 Å². The van der Waals surface area contributed by atoms with Gasteiger partial charge in [-0.05, 0) is 50.2 Å². The number of hydrogen-bond acceptors (Lipinski definition) is 9. The topological polar surface area (TPSA) is 147 Å². The van der Waals surface area contributed by atoms with E-state index in [0.29, 0.717) is 22.8 Å². The molecular weight excluding hydrogens is 534 g/mol. The fourth-order valence-electron chi connectivity index (χ4n) is 3.88. The lowest BCUT2D eigenvalue weighted by atomic mass is 10.1. The van der Waals surface area contributed by atoms with Gasteiger partial charge in [0.15, 0.2) is 6.61 Å². The van der Waals surface area contributed by atoms with Gasteiger partial charge in [0.2, 0.25) is 5.16 Å². The number of nitrogens with zero attached hydrogens (tertiary/aromatic N) is 3. The fraction of sp³-hybridized carbons (Fsp3) is 0.240. The van der Waals surface area contributed by atoms with Crippen molar-refractivity contribution in [3.63, 3.8) is 0 Å². The lowest BCUT2D eigenvalue weighted by molar-refractivity contribution is -0.139. The molecule has 4 aromatic rings. The van der Waals surface area contributed by atoms with Gasteiger partial charge in [-0.1, -0.05) is 0 Å². The van der Waals surface area contributed by atoms with Crippen molar-refractivity contribution < 1.29 is 36.7 Å². The first-order chi connectivity index (χ1) is 18.1. The van der Waals surface area contributed by atoms with Crippen LogP contribution in [-0.4, -0.2) is 58.5 Å². The number of carbonyl (C=O) groups is 1. The maximum Gasteiger partial charge on any atom is 0.341 e. The molecule has 0 unspecified atom stereocenters. The number of carboxylic acids is 1. The summed E-state index contributed by atoms with van der Waals surface area (Å²) in [6.07, 6.45) is 1.61. The molecule has 1 N–H and O–H groups in total. The molecular formula is C25H25N3O8S2. The van der Waals surface area contributed by atoms with E-state index < -0.39 is 33.4 Å². The summed E-state index contributed by atoms with van der Waals surface area (Å²) in [4.78, 5) is 19.4. The van der Waals surface area contributed by atoms with Crippen molar-refractivity contribution in [2.45, 2.75) is 29.7 Å². The van der Waals surface area contributed by atoms with Gasteiger partial charge in [-0.3, -0.25) is 9.19 Å². The second-order valence-corrected chi connectivity index (χ2v) is 11.3. The predicted molar refractivity (Wildman–Crippen MR) is 139 cm³/mol. The van der Waals surface area contributed by atoms with Crippen molar-refractivity contribution in [3.8, 4) is 17.2 Å². The van der Waals surface area contributed by atoms with E-state index in [-0.39, 0.29) is 32.6 Å². The van der Waals surface area contributed by atoms with Crippen LogP contribution in [0.2, 0.25) is 0 Å². The predicted octanol–water partition coefficient (Wildman–Crippen LogP) is 3.07. The molecule has 0 fully saturated rings. The molecule has 4 rings (SSSR count). The Balaban J connectivity index is 1.81. The van der Waals surface area contributed by atoms with E-state index >= 15 is 0 Å². The Kier molecular flexibility index (Phi) is 7.69. The molecule has 0 spiro atoms. The molecule has 0 amide bonds. The van der Waals surface area contributed by atoms with Gasteiger partial charge in [0.25, 0.3) is 10.0 Å². The summed E-state index contributed by atoms with van der Waals surface area (Å²) in [7, 11) is -3.20. The van der Waals surface area contributed by atoms with Gasteiger partial charge in [-0.15, -0.1) is 0 Å². The fourth-order valence-corrected chi connectivity index (χ4v) is 6.93. The average Bonchev–Trinajstić information content (AvgIpc) is 3.29. The maximum atomic E-state index is 13.8. The monoisotopic (exact) mass is 559 g/mol. The van der Waals surface area contributed by atoms with Crippen LogP contribution in [0.3, 0.4) is 0 Å². The van der Waals surface area contributed by atoms with Crippen LogP contribution in [0.4, 0.5) is 0 Å². The first-order valence-electron chi connectivity index (χ1n) is 11.2. The number of methoxy groups -OCH3 is 2. The highest BCUT2D eigenvalue weighted by atomic mass is 32.2. The van der Waals surface area contributed by atoms with Crippen molar-refractivity contribution in [1.82, 2.24) is 13.9 Å². The van der Waals surface area contributed by atoms with Crippen molar-refractivity contribution in [3.05, 3.63) is 65.5 Å². The second kappa shape index (κ2) is 10.8. The molecule has 1 atom stereocenters. The molecule has 2 heterocycles. The highest BCUT2D eigenvalue weighted by Crippen LogP contribution is 2.30. The minimum atomic E-state index is -4.28. The Labute approximate surface area is 221 Å². The van der Waals surface area contributed by atoms with E-state index in [4.69, 9.17) is 19.3 Å². The molecule has 0 aliphatic carbocycles. The minimum Gasteiger partial charge on any atom is -0.497 e. The highest BCUT2D eigenvalue weighted by molar-refractivity contribution is 7.91. The number of benzene rings is 2. The van der Waals surface area contributed by atoms with E-state index in [1.807, 2.05) is 6.92 Å². The van der Waals surface area contributed by atoms with Crippen LogP contribution in [0.5, 0.6) is 17.2 Å². The number of imidazole rings is 1. The summed E-state index contributed by atoms with van der Waals surface area (Å²) < 4.78 is 58.0. The molecule has 2 aromatic heterocycles. The molecule has 0 aliphatic heterocycles. The number of aliphatic carboxylic acids is 1. The molecule has 13 heteroatoms. The molecule has 0 aliphatic rings. The smallest absolute Gasteiger partial charge is 0.341 e. The Hall–Kier alpha value is -3.97. The van der Waals surface area contributed by atoms with Gasteiger partial charge >= 0.3 is 5.97 Å². The summed E-state index contributed by atoms with van der Waals surface area (Å²) in [5.41, 5.74) is 2.50. The number of rotatable bonds is 10. The average molecular weight is 560 g/mol. The highest BCUT2D eigenvalue weighted by Gasteiger charge is 2.28. The minimum absolute atomic E-state index is 0.0968. The quantitative estimate of drug-likeness (QED) is 0.307. The van der Waals surface area contributed by atoms with Crippen LogP contribution in [0.15, 0.2) is 58.7 Å². The summed E-state index contributed by atoms with van der Waals surface area (Å²) in [5, 5.41) is 8.61. The molecule has 0 radical (unpaired) electrons. The maximum absolute atomic E-state index is 13.8. The van der Waals surface area contributed by atoms with Crippen LogP contribution in [0.25, 0.3) is 11.0 Å². The number of aromatic nitrogens is 3. The molecule has 11 nitrogen and oxygen atoms in total. The summed E-state index contributed by atoms with van der Waals surface area (Å²) in [6.45, 7) is 3.07. The molecule has 38 heavy (non-hydrogen) atoms. The van der Waals surface area contributed by atoms with Crippen molar-refractivity contribution in [2.24, 2.45) is 0 Å². The number of carboxylic acid groups (broad SMARTS) is 1. The lowest BCUT2D eigenvalue weighted by Crippen LogP contribution is -2.18. The van der Waals surface area contributed by atoms with Crippen LogP contribution < -0.4 is 14.2 Å². The third kappa shape index (κ3) is 5.20. The number of fused-ring (bicyclic) bond motifs is 1. The van der Waals surface area contributed by atoms with Gasteiger partial charge in [0.05, 0.1) is 52.4 Å². The number of hydrogen-bond donors (Lipinski definition) is 1. The van der Waals surface area contributed by atoms with Crippen LogP contribution in [0.1, 0.15) is 16.8 Å². The van der Waals surface area contributed by atoms with Gasteiger partial charge in [0.1, 0.15) is 17.2 Å². The van der Waals surface area contributed by atoms with Crippen LogP contribution in [-0.2, 0) is 31.4 Å². The van der Waals surface area contributed by atoms with E-state index in [1.165, 1.54) is 44.6 Å². The zero-order valence-corrected chi connectivity index (χ0v) is 22.6. The standard InChI is InChI=1S/C25H25N3O8S2/c1-15-12-26-21(16(2)24(15)35-4)14-37(31)25-27-20-11-18(34-3)7-10-22(20)28(25)38(32,33)19-8-5-17(6-9-19)36-13-23(29)30/h5-12H,13-14H2,1-4H3,(H,29,30)/t37-/m0/s1. The van der Waals surface area contributed by atoms with Crippen LogP contribution in [0, 0.1) is 13.8 Å². The lowest BCUT2D eigenvalue weighted by Gasteiger charge is -2.13. The Morgan fingerprint density at radius 2 is 1.74 bits per heavy atom. The summed E-state index contributed by atoms with van der Waals surface area (Å²) >= 11 is 0. The number of pyridine rings is 1. The summed E-state index contributed by atoms with van der Waals surface area (Å²) in [5.74, 6) is -0.00333. The number of ether oxygens (including phenoxy) is 3. The van der Waals surface area contributed by atoms with Gasteiger partial charge in [0, 0.05) is 23.4 Å². The largest absolute Gasteiger partial charge is 0.497 e. The van der Waals surface area contributed by atoms with Gasteiger partial charge in [-0.25, -0.2) is 22.2 Å². The second-order valence-electron chi connectivity index (χ2n) is 8.21. The van der Waals surface area contributed by atoms with Crippen molar-refractivity contribution in [2.75, 3.05) is 20.8 Å². The van der Waals surface area contributed by atoms with E-state index in [1.54, 1.807) is 25.3 Å². The van der Waals surface area contributed by atoms with Crippen molar-refractivity contribution >= 4 is 37.8 Å². The zero-order chi connectivity index (χ0) is 27.6. The summed E-state index contributed by atoms with van der Waals surface area (Å²) in [6, 6.07) is 9.94. The Morgan fingerprint density at radius 1 is 1.05 bits per heavy atom. The SMILES string of the molecule is COc1ccc2c(c1)nc([S@@](=O)Cc1ncc(C)c(OC)c1C)n2S(=O)(=O)c1ccc(OCC(=O)O)cc1. The van der Waals surface area contributed by atoms with E-state index in [9.17, 15) is 17.4 Å². The first-order valence-corrected chi connectivity index (χ1v) is 14.0. The number of aryl methyl sites for hydroxylation is 1. The van der Waals surface area contributed by atoms with Gasteiger partial charge in [-0.2, -0.15) is 0 Å². The molecule has 0 saturated carbocycles. The van der Waals surface area contributed by atoms with Gasteiger partial charge < -0.3 is 19.3 Å². The third-order valence-corrected chi connectivity index (χ3v) is 8.79. The Bertz CT molecular complexity index is 1650. The zero-order valence-electron chi connectivity index (χ0n) is 21.0. The third-order valence-electron chi connectivity index (χ3n) is 5.74. The van der Waals surface area contributed by atoms with Crippen LogP contribution >= 0.6 is 0 Å². The first kappa shape index (κ1) is 27.1. The normalized spacial score (nSPS) is 12.3. The molecule has 200 valence electrons. The Morgan fingerprint density at radius 3 is 2.37 bits per heavy atom. The molecule has 2 aromatic carbocycles.